The van der Waals surface area contributed by atoms with Gasteiger partial charge < -0.3 is 20.1 Å². The zero-order chi connectivity index (χ0) is 17.0. The van der Waals surface area contributed by atoms with Crippen LogP contribution in [0.3, 0.4) is 0 Å². The van der Waals surface area contributed by atoms with Gasteiger partial charge in [-0.15, -0.1) is 0 Å². The highest BCUT2D eigenvalue weighted by atomic mass is 16.5. The van der Waals surface area contributed by atoms with Crippen LogP contribution in [0.2, 0.25) is 0 Å². The van der Waals surface area contributed by atoms with Crippen LogP contribution in [0.25, 0.3) is 0 Å². The third kappa shape index (κ3) is 4.03. The molecule has 2 N–H and O–H groups in total. The van der Waals surface area contributed by atoms with Crippen LogP contribution in [0.15, 0.2) is 35.5 Å². The summed E-state index contributed by atoms with van der Waals surface area (Å²) in [5.41, 5.74) is 1.65. The van der Waals surface area contributed by atoms with Crippen LogP contribution in [0.1, 0.15) is 39.3 Å². The fraction of sp³-hybridized carbons (Fsp3) is 0.412. The number of hydrogen-bond acceptors (Lipinski definition) is 4. The Hall–Kier alpha value is -2.50. The Labute approximate surface area is 135 Å². The molecule has 1 aliphatic rings. The molecule has 23 heavy (non-hydrogen) atoms. The van der Waals surface area contributed by atoms with E-state index in [1.165, 1.54) is 0 Å². The first-order chi connectivity index (χ1) is 10.9. The molecular formula is C17H22N2O4. The van der Waals surface area contributed by atoms with Crippen molar-refractivity contribution in [2.45, 2.75) is 39.8 Å². The van der Waals surface area contributed by atoms with Gasteiger partial charge in [0.05, 0.1) is 24.3 Å². The molecule has 0 bridgehead atoms. The Morgan fingerprint density at radius 2 is 2.09 bits per heavy atom. The van der Waals surface area contributed by atoms with E-state index >= 15 is 0 Å². The molecule has 6 nitrogen and oxygen atoms in total. The number of ether oxygens (including phenoxy) is 2. The Bertz CT molecular complexity index is 637. The molecule has 0 spiro atoms. The van der Waals surface area contributed by atoms with Crippen molar-refractivity contribution in [1.82, 2.24) is 10.6 Å². The molecular weight excluding hydrogens is 296 g/mol. The molecule has 0 saturated carbocycles. The molecule has 0 saturated heterocycles. The Balaban J connectivity index is 2.40. The van der Waals surface area contributed by atoms with Crippen LogP contribution >= 0.6 is 0 Å². The van der Waals surface area contributed by atoms with Gasteiger partial charge in [-0.25, -0.2) is 9.59 Å². The van der Waals surface area contributed by atoms with E-state index in [-0.39, 0.29) is 12.1 Å². The van der Waals surface area contributed by atoms with Crippen LogP contribution in [0.4, 0.5) is 4.79 Å². The molecule has 1 heterocycles. The van der Waals surface area contributed by atoms with Gasteiger partial charge in [0, 0.05) is 5.70 Å². The van der Waals surface area contributed by atoms with E-state index in [2.05, 4.69) is 10.6 Å². The second kappa shape index (κ2) is 7.17. The van der Waals surface area contributed by atoms with Crippen molar-refractivity contribution in [2.24, 2.45) is 0 Å². The molecule has 0 aliphatic carbocycles. The number of carbonyl (C=O) groups excluding carboxylic acids is 2. The minimum Gasteiger partial charge on any atom is -0.494 e. The van der Waals surface area contributed by atoms with Crippen LogP contribution < -0.4 is 15.4 Å². The van der Waals surface area contributed by atoms with E-state index in [1.54, 1.807) is 20.8 Å². The molecule has 0 radical (unpaired) electrons. The Morgan fingerprint density at radius 1 is 1.35 bits per heavy atom. The number of esters is 1. The maximum atomic E-state index is 12.4. The molecule has 1 aromatic rings. The van der Waals surface area contributed by atoms with Gasteiger partial charge in [0.2, 0.25) is 0 Å². The van der Waals surface area contributed by atoms with Gasteiger partial charge in [-0.1, -0.05) is 12.1 Å². The van der Waals surface area contributed by atoms with Crippen molar-refractivity contribution in [2.75, 3.05) is 6.61 Å². The van der Waals surface area contributed by atoms with Crippen molar-refractivity contribution in [3.8, 4) is 5.75 Å². The van der Waals surface area contributed by atoms with E-state index in [0.29, 0.717) is 23.6 Å². The third-order valence-corrected chi connectivity index (χ3v) is 3.33. The molecule has 1 atom stereocenters. The summed E-state index contributed by atoms with van der Waals surface area (Å²) < 4.78 is 10.8. The lowest BCUT2D eigenvalue weighted by Crippen LogP contribution is -2.45. The van der Waals surface area contributed by atoms with Gasteiger partial charge in [0.15, 0.2) is 0 Å². The maximum absolute atomic E-state index is 12.4. The first-order valence-corrected chi connectivity index (χ1v) is 7.64. The third-order valence-electron chi connectivity index (χ3n) is 3.33. The summed E-state index contributed by atoms with van der Waals surface area (Å²) in [6.45, 7) is 7.70. The van der Waals surface area contributed by atoms with E-state index in [9.17, 15) is 9.59 Å². The minimum atomic E-state index is -0.574. The maximum Gasteiger partial charge on any atom is 0.338 e. The first kappa shape index (κ1) is 16.9. The summed E-state index contributed by atoms with van der Waals surface area (Å²) in [7, 11) is 0. The molecule has 2 rings (SSSR count). The molecule has 1 aliphatic heterocycles. The molecule has 6 heteroatoms. The summed E-state index contributed by atoms with van der Waals surface area (Å²) in [5, 5.41) is 5.39. The molecule has 0 aromatic heterocycles. The van der Waals surface area contributed by atoms with Crippen LogP contribution in [-0.2, 0) is 9.53 Å². The highest BCUT2D eigenvalue weighted by molar-refractivity contribution is 5.95. The number of urea groups is 1. The highest BCUT2D eigenvalue weighted by Gasteiger charge is 2.32. The SMILES string of the molecule is CCOc1cccc([C@@H]2NC(=O)NC(C)=C2C(=O)OC(C)C)c1. The molecule has 1 aromatic carbocycles. The fourth-order valence-corrected chi connectivity index (χ4v) is 2.44. The second-order valence-electron chi connectivity index (χ2n) is 5.53. The zero-order valence-electron chi connectivity index (χ0n) is 13.8. The average molecular weight is 318 g/mol. The molecule has 0 fully saturated rings. The number of carbonyl (C=O) groups is 2. The standard InChI is InChI=1S/C17H22N2O4/c1-5-22-13-8-6-7-12(9-13)15-14(16(20)23-10(2)3)11(4)18-17(21)19-15/h6-10,15H,5H2,1-4H3,(H2,18,19,21)/t15-/m0/s1. The topological polar surface area (TPSA) is 76.7 Å². The summed E-state index contributed by atoms with van der Waals surface area (Å²) >= 11 is 0. The van der Waals surface area contributed by atoms with Crippen molar-refractivity contribution >= 4 is 12.0 Å². The fourth-order valence-electron chi connectivity index (χ4n) is 2.44. The largest absolute Gasteiger partial charge is 0.494 e. The van der Waals surface area contributed by atoms with Gasteiger partial charge in [0.1, 0.15) is 5.75 Å². The lowest BCUT2D eigenvalue weighted by atomic mass is 9.95. The van der Waals surface area contributed by atoms with Crippen LogP contribution in [-0.4, -0.2) is 24.7 Å². The van der Waals surface area contributed by atoms with Crippen molar-refractivity contribution in [1.29, 1.82) is 0 Å². The summed E-state index contributed by atoms with van der Waals surface area (Å²) in [6, 6.07) is 6.39. The van der Waals surface area contributed by atoms with Crippen molar-refractivity contribution in [3.05, 3.63) is 41.1 Å². The van der Waals surface area contributed by atoms with Gasteiger partial charge >= 0.3 is 12.0 Å². The summed E-state index contributed by atoms with van der Waals surface area (Å²) in [5.74, 6) is 0.240. The Kier molecular flexibility index (Phi) is 5.26. The van der Waals surface area contributed by atoms with Gasteiger partial charge in [-0.3, -0.25) is 0 Å². The number of rotatable bonds is 5. The van der Waals surface area contributed by atoms with Gasteiger partial charge in [-0.05, 0) is 45.4 Å². The first-order valence-electron chi connectivity index (χ1n) is 7.64. The number of allylic oxidation sites excluding steroid dienone is 1. The highest BCUT2D eigenvalue weighted by Crippen LogP contribution is 2.29. The van der Waals surface area contributed by atoms with Crippen LogP contribution in [0, 0.1) is 0 Å². The van der Waals surface area contributed by atoms with Gasteiger partial charge in [-0.2, -0.15) is 0 Å². The van der Waals surface area contributed by atoms with Crippen molar-refractivity contribution in [3.63, 3.8) is 0 Å². The smallest absolute Gasteiger partial charge is 0.338 e. The van der Waals surface area contributed by atoms with E-state index in [1.807, 2.05) is 31.2 Å². The predicted molar refractivity (Wildman–Crippen MR) is 85.9 cm³/mol. The number of amides is 2. The minimum absolute atomic E-state index is 0.240. The lowest BCUT2D eigenvalue weighted by molar-refractivity contribution is -0.143. The summed E-state index contributed by atoms with van der Waals surface area (Å²) in [4.78, 5) is 24.2. The number of hydrogen-bond donors (Lipinski definition) is 2. The second-order valence-corrected chi connectivity index (χ2v) is 5.53. The molecule has 2 amide bonds. The average Bonchev–Trinajstić information content (AvgIpc) is 2.46. The van der Waals surface area contributed by atoms with Gasteiger partial charge in [0.25, 0.3) is 0 Å². The van der Waals surface area contributed by atoms with E-state index < -0.39 is 12.0 Å². The quantitative estimate of drug-likeness (QED) is 0.818. The zero-order valence-corrected chi connectivity index (χ0v) is 13.8. The van der Waals surface area contributed by atoms with E-state index in [0.717, 1.165) is 5.56 Å². The van der Waals surface area contributed by atoms with E-state index in [4.69, 9.17) is 9.47 Å². The normalized spacial score (nSPS) is 17.6. The van der Waals surface area contributed by atoms with Crippen LogP contribution in [0.5, 0.6) is 5.75 Å². The number of nitrogens with one attached hydrogen (secondary N) is 2. The lowest BCUT2D eigenvalue weighted by Gasteiger charge is -2.28. The van der Waals surface area contributed by atoms with Crippen molar-refractivity contribution < 1.29 is 19.1 Å². The molecule has 124 valence electrons. The Morgan fingerprint density at radius 3 is 2.74 bits per heavy atom. The molecule has 0 unspecified atom stereocenters. The predicted octanol–water partition coefficient (Wildman–Crippen LogP) is 2.66. The monoisotopic (exact) mass is 318 g/mol. The number of benzene rings is 1. The summed E-state index contributed by atoms with van der Waals surface area (Å²) in [6.07, 6.45) is -0.240.